The van der Waals surface area contributed by atoms with Crippen molar-refractivity contribution in [1.82, 2.24) is 10.2 Å². The zero-order valence-corrected chi connectivity index (χ0v) is 7.15. The topological polar surface area (TPSA) is 15.3 Å². The van der Waals surface area contributed by atoms with Gasteiger partial charge in [0.1, 0.15) is 0 Å². The van der Waals surface area contributed by atoms with E-state index in [4.69, 9.17) is 0 Å². The predicted molar refractivity (Wildman–Crippen MR) is 43.6 cm³/mol. The quantitative estimate of drug-likeness (QED) is 0.545. The van der Waals surface area contributed by atoms with Gasteiger partial charge in [-0.25, -0.2) is 0 Å². The van der Waals surface area contributed by atoms with E-state index in [1.807, 2.05) is 11.9 Å². The highest BCUT2D eigenvalue weighted by Gasteiger charge is 2.29. The minimum absolute atomic E-state index is 0.316. The Balaban J connectivity index is 2.43. The molecule has 0 aromatic rings. The van der Waals surface area contributed by atoms with E-state index < -0.39 is 0 Å². The molecule has 0 aromatic carbocycles. The van der Waals surface area contributed by atoms with E-state index in [0.29, 0.717) is 11.6 Å². The number of hydrogen-bond acceptors (Lipinski definition) is 2. The van der Waals surface area contributed by atoms with Gasteiger partial charge in [0, 0.05) is 12.1 Å². The van der Waals surface area contributed by atoms with Gasteiger partial charge < -0.3 is 10.2 Å². The summed E-state index contributed by atoms with van der Waals surface area (Å²) in [4.78, 5) is 2.04. The Morgan fingerprint density at radius 2 is 2.20 bits per heavy atom. The minimum atomic E-state index is 0.316. The summed E-state index contributed by atoms with van der Waals surface area (Å²) in [5, 5.41) is 3.45. The van der Waals surface area contributed by atoms with Gasteiger partial charge in [0.2, 0.25) is 0 Å². The van der Waals surface area contributed by atoms with Crippen molar-refractivity contribution < 1.29 is 0 Å². The lowest BCUT2D eigenvalue weighted by Crippen LogP contribution is -2.31. The molecule has 0 bridgehead atoms. The van der Waals surface area contributed by atoms with Gasteiger partial charge in [0.05, 0.1) is 0 Å². The van der Waals surface area contributed by atoms with E-state index in [1.165, 1.54) is 6.42 Å². The number of hydrogen-bond donors (Lipinski definition) is 1. The molecule has 10 heavy (non-hydrogen) atoms. The third kappa shape index (κ3) is 1.70. The molecule has 1 fully saturated rings. The van der Waals surface area contributed by atoms with Crippen LogP contribution in [0, 0.1) is 7.05 Å². The van der Waals surface area contributed by atoms with Gasteiger partial charge in [-0.2, -0.15) is 0 Å². The van der Waals surface area contributed by atoms with Crippen molar-refractivity contribution in [1.29, 1.82) is 0 Å². The van der Waals surface area contributed by atoms with Crippen LogP contribution in [0.25, 0.3) is 0 Å². The van der Waals surface area contributed by atoms with Crippen molar-refractivity contribution in [3.8, 4) is 0 Å². The van der Waals surface area contributed by atoms with Gasteiger partial charge in [-0.05, 0) is 33.4 Å². The molecule has 60 valence electrons. The van der Waals surface area contributed by atoms with E-state index in [9.17, 15) is 0 Å². The van der Waals surface area contributed by atoms with Crippen molar-refractivity contribution in [3.05, 3.63) is 7.05 Å². The highest BCUT2D eigenvalue weighted by molar-refractivity contribution is 4.93. The summed E-state index contributed by atoms with van der Waals surface area (Å²) in [5.74, 6) is 0. The summed E-state index contributed by atoms with van der Waals surface area (Å²) < 4.78 is 0. The van der Waals surface area contributed by atoms with Crippen molar-refractivity contribution in [2.75, 3.05) is 13.6 Å². The second-order valence-electron chi connectivity index (χ2n) is 3.88. The monoisotopic (exact) mass is 141 g/mol. The highest BCUT2D eigenvalue weighted by Crippen LogP contribution is 2.20. The van der Waals surface area contributed by atoms with E-state index in [-0.39, 0.29) is 0 Å². The number of nitrogens with zero attached hydrogens (tertiary/aromatic N) is 1. The molecule has 2 nitrogen and oxygen atoms in total. The summed E-state index contributed by atoms with van der Waals surface area (Å²) >= 11 is 0. The zero-order valence-electron chi connectivity index (χ0n) is 7.15. The molecule has 1 aliphatic rings. The Hall–Kier alpha value is -0.0800. The number of rotatable bonds is 1. The van der Waals surface area contributed by atoms with E-state index in [0.717, 1.165) is 6.54 Å². The highest BCUT2D eigenvalue weighted by atomic mass is 15.2. The molecule has 2 heteroatoms. The van der Waals surface area contributed by atoms with E-state index in [1.54, 1.807) is 0 Å². The zero-order chi connectivity index (χ0) is 7.78. The third-order valence-electron chi connectivity index (χ3n) is 2.19. The molecule has 1 unspecified atom stereocenters. The van der Waals surface area contributed by atoms with Crippen LogP contribution in [0.15, 0.2) is 0 Å². The minimum Gasteiger partial charge on any atom is -0.458 e. The number of likely N-dealkylation sites (N-methyl/N-ethyl adjacent to an activating group) is 1. The molecule has 1 aliphatic heterocycles. The summed E-state index contributed by atoms with van der Waals surface area (Å²) in [6, 6.07) is 0.620. The summed E-state index contributed by atoms with van der Waals surface area (Å²) in [6.07, 6.45) is 1.20. The van der Waals surface area contributed by atoms with Gasteiger partial charge in [0.25, 0.3) is 0 Å². The molecule has 0 saturated carbocycles. The van der Waals surface area contributed by atoms with Crippen LogP contribution in [0.1, 0.15) is 20.3 Å². The Kier molecular flexibility index (Phi) is 2.02. The molecule has 1 rings (SSSR count). The van der Waals surface area contributed by atoms with E-state index >= 15 is 0 Å². The average molecular weight is 141 g/mol. The molecule has 0 radical (unpaired) electrons. The molecule has 0 amide bonds. The molecule has 0 aromatic heterocycles. The van der Waals surface area contributed by atoms with Crippen LogP contribution in [0.5, 0.6) is 0 Å². The maximum Gasteiger partial charge on any atom is 0.0140 e. The predicted octanol–water partition coefficient (Wildman–Crippen LogP) is 0.850. The fourth-order valence-electron chi connectivity index (χ4n) is 1.44. The molecular formula is C8H17N2-. The van der Waals surface area contributed by atoms with Crippen molar-refractivity contribution in [2.24, 2.45) is 0 Å². The second kappa shape index (κ2) is 2.51. The van der Waals surface area contributed by atoms with Gasteiger partial charge >= 0.3 is 0 Å². The van der Waals surface area contributed by atoms with Crippen molar-refractivity contribution >= 4 is 0 Å². The normalized spacial score (nSPS) is 31.5. The van der Waals surface area contributed by atoms with Gasteiger partial charge in [0.15, 0.2) is 0 Å². The van der Waals surface area contributed by atoms with Crippen LogP contribution >= 0.6 is 0 Å². The summed E-state index contributed by atoms with van der Waals surface area (Å²) in [6.45, 7) is 5.54. The smallest absolute Gasteiger partial charge is 0.0140 e. The first kappa shape index (κ1) is 8.02. The third-order valence-corrected chi connectivity index (χ3v) is 2.19. The molecule has 1 saturated heterocycles. The van der Waals surface area contributed by atoms with Crippen LogP contribution in [-0.2, 0) is 0 Å². The lowest BCUT2D eigenvalue weighted by atomic mass is 10.0. The van der Waals surface area contributed by atoms with Gasteiger partial charge in [-0.15, -0.1) is 0 Å². The van der Waals surface area contributed by atoms with E-state index in [2.05, 4.69) is 26.2 Å². The Bertz CT molecular complexity index is 118. The van der Waals surface area contributed by atoms with Crippen LogP contribution in [0.3, 0.4) is 0 Å². The fraction of sp³-hybridized carbons (Fsp3) is 0.875. The first-order chi connectivity index (χ1) is 4.51. The lowest BCUT2D eigenvalue weighted by Gasteiger charge is -2.27. The largest absolute Gasteiger partial charge is 0.458 e. The van der Waals surface area contributed by atoms with Gasteiger partial charge in [-0.1, -0.05) is 0 Å². The Morgan fingerprint density at radius 1 is 1.60 bits per heavy atom. The van der Waals surface area contributed by atoms with Gasteiger partial charge in [-0.3, -0.25) is 7.05 Å². The maximum absolute atomic E-state index is 3.88. The average Bonchev–Trinajstić information content (AvgIpc) is 2.10. The maximum atomic E-state index is 3.88. The van der Waals surface area contributed by atoms with Crippen LogP contribution in [-0.4, -0.2) is 30.1 Å². The van der Waals surface area contributed by atoms with Crippen LogP contribution in [0.2, 0.25) is 0 Å². The number of nitrogens with one attached hydrogen (secondary N) is 1. The standard InChI is InChI=1S/C8H17N2/c1-8(2)5-7(6-9-8)10(3)4/h7,9H,3,5-6H2,1-2,4H3/q-1. The summed E-state index contributed by atoms with van der Waals surface area (Å²) in [5.41, 5.74) is 0.316. The molecule has 1 heterocycles. The first-order valence-corrected chi connectivity index (χ1v) is 3.80. The fourth-order valence-corrected chi connectivity index (χ4v) is 1.44. The van der Waals surface area contributed by atoms with Crippen LogP contribution in [0.4, 0.5) is 0 Å². The molecule has 1 atom stereocenters. The molecule has 0 aliphatic carbocycles. The lowest BCUT2D eigenvalue weighted by molar-refractivity contribution is 0.329. The second-order valence-corrected chi connectivity index (χ2v) is 3.88. The summed E-state index contributed by atoms with van der Waals surface area (Å²) in [7, 11) is 5.91. The Labute approximate surface area is 63.6 Å². The Morgan fingerprint density at radius 3 is 2.40 bits per heavy atom. The molecular weight excluding hydrogens is 124 g/mol. The van der Waals surface area contributed by atoms with Crippen LogP contribution < -0.4 is 5.32 Å². The molecule has 1 N–H and O–H groups in total. The molecule has 0 spiro atoms. The van der Waals surface area contributed by atoms with Crippen molar-refractivity contribution in [2.45, 2.75) is 31.8 Å². The SMILES string of the molecule is [CH2-]N(C)C1CNC(C)(C)C1. The van der Waals surface area contributed by atoms with Crippen molar-refractivity contribution in [3.63, 3.8) is 0 Å². The first-order valence-electron chi connectivity index (χ1n) is 3.80.